The Morgan fingerprint density at radius 1 is 0.355 bits per heavy atom. The van der Waals surface area contributed by atoms with Gasteiger partial charge in [0.25, 0.3) is 0 Å². The van der Waals surface area contributed by atoms with E-state index in [1.54, 1.807) is 6.08 Å². The van der Waals surface area contributed by atoms with E-state index in [4.69, 9.17) is 9.05 Å². The van der Waals surface area contributed by atoms with Crippen molar-refractivity contribution < 1.29 is 32.9 Å². The summed E-state index contributed by atoms with van der Waals surface area (Å²) in [5.41, 5.74) is 0. The van der Waals surface area contributed by atoms with Crippen molar-refractivity contribution in [2.75, 3.05) is 40.9 Å². The van der Waals surface area contributed by atoms with E-state index in [1.807, 2.05) is 27.2 Å². The van der Waals surface area contributed by atoms with Gasteiger partial charge < -0.3 is 19.8 Å². The second-order valence-electron chi connectivity index (χ2n) is 30.6. The number of aliphatic hydroxyl groups excluding tert-OH is 1. The summed E-state index contributed by atoms with van der Waals surface area (Å²) < 4.78 is 23.9. The topological polar surface area (TPSA) is 105 Å². The Morgan fingerprint density at radius 2 is 0.581 bits per heavy atom. The highest BCUT2D eigenvalue weighted by Crippen LogP contribution is 2.43. The number of nitrogens with zero attached hydrogens (tertiary/aromatic N) is 1. The number of amides is 1. The predicted molar refractivity (Wildman–Crippen MR) is 411 cm³/mol. The molecule has 1 amide bonds. The highest BCUT2D eigenvalue weighted by Gasteiger charge is 2.28. The summed E-state index contributed by atoms with van der Waals surface area (Å²) >= 11 is 0. The molecule has 0 radical (unpaired) electrons. The Labute approximate surface area is 583 Å². The van der Waals surface area contributed by atoms with Crippen molar-refractivity contribution in [2.45, 2.75) is 469 Å². The smallest absolute Gasteiger partial charge is 0.387 e. The van der Waals surface area contributed by atoms with E-state index >= 15 is 0 Å². The molecule has 554 valence electrons. The van der Waals surface area contributed by atoms with E-state index < -0.39 is 20.0 Å². The molecule has 9 heteroatoms. The maximum atomic E-state index is 13.1. The molecule has 3 unspecified atom stereocenters. The fourth-order valence-corrected chi connectivity index (χ4v) is 14.1. The molecule has 3 atom stereocenters. The second-order valence-corrected chi connectivity index (χ2v) is 32.0. The van der Waals surface area contributed by atoms with Crippen LogP contribution in [0.2, 0.25) is 0 Å². The molecule has 0 aliphatic heterocycles. The number of aliphatic hydroxyl groups is 1. The molecule has 0 saturated carbocycles. The number of allylic oxidation sites excluding steroid dienone is 3. The van der Waals surface area contributed by atoms with Crippen molar-refractivity contribution in [3.63, 3.8) is 0 Å². The van der Waals surface area contributed by atoms with Gasteiger partial charge in [0.15, 0.2) is 0 Å². The highest BCUT2D eigenvalue weighted by atomic mass is 31.2. The lowest BCUT2D eigenvalue weighted by Gasteiger charge is -2.25. The van der Waals surface area contributed by atoms with Crippen molar-refractivity contribution in [3.05, 3.63) is 24.3 Å². The average molecular weight is 1330 g/mol. The molecule has 0 spiro atoms. The van der Waals surface area contributed by atoms with Crippen LogP contribution >= 0.6 is 7.82 Å². The molecule has 0 rings (SSSR count). The predicted octanol–water partition coefficient (Wildman–Crippen LogP) is 27.7. The minimum atomic E-state index is -4.36. The molecule has 8 nitrogen and oxygen atoms in total. The number of likely N-dealkylation sites (N-methyl/N-ethyl adjacent to an activating group) is 1. The van der Waals surface area contributed by atoms with Gasteiger partial charge in [-0.3, -0.25) is 13.8 Å². The highest BCUT2D eigenvalue weighted by molar-refractivity contribution is 7.47. The SMILES string of the molecule is CCCCCCCCCC/C=C\CCCCCCCCCCCCCCCCCCCCCCCCCCCCCCCC(=O)NC(COP(=O)(O)OCC[N+](C)(C)C)C(O)/C=C/CCCCCCCCCCCCCCCCCCCCCCCCCCCCCC. The first-order valence-electron chi connectivity index (χ1n) is 42.2. The zero-order valence-electron chi connectivity index (χ0n) is 63.8. The number of hydrogen-bond donors (Lipinski definition) is 3. The summed E-state index contributed by atoms with van der Waals surface area (Å²) in [6, 6.07) is -0.846. The summed E-state index contributed by atoms with van der Waals surface area (Å²) in [6.45, 7) is 4.89. The zero-order valence-corrected chi connectivity index (χ0v) is 64.7. The molecule has 0 bridgehead atoms. The molecule has 0 aliphatic carbocycles. The molecular weight excluding hydrogens is 1160 g/mol. The van der Waals surface area contributed by atoms with E-state index in [0.29, 0.717) is 17.4 Å². The Kier molecular flexibility index (Phi) is 74.4. The number of phosphoric ester groups is 1. The van der Waals surface area contributed by atoms with Gasteiger partial charge in [-0.15, -0.1) is 0 Å². The number of rotatable bonds is 80. The molecular formula is C84H168N2O6P+. The molecule has 0 saturated heterocycles. The van der Waals surface area contributed by atoms with Crippen LogP contribution in [0.5, 0.6) is 0 Å². The Morgan fingerprint density at radius 3 is 0.828 bits per heavy atom. The van der Waals surface area contributed by atoms with Crippen molar-refractivity contribution in [2.24, 2.45) is 0 Å². The largest absolute Gasteiger partial charge is 0.472 e. The first-order chi connectivity index (χ1) is 45.5. The Hall–Kier alpha value is -1.02. The number of hydrogen-bond acceptors (Lipinski definition) is 5. The van der Waals surface area contributed by atoms with Crippen LogP contribution < -0.4 is 5.32 Å². The Bertz CT molecular complexity index is 1570. The maximum absolute atomic E-state index is 13.1. The van der Waals surface area contributed by atoms with Crippen LogP contribution in [0.25, 0.3) is 0 Å². The third-order valence-electron chi connectivity index (χ3n) is 19.9. The fourth-order valence-electron chi connectivity index (χ4n) is 13.4. The van der Waals surface area contributed by atoms with E-state index in [-0.39, 0.29) is 19.1 Å². The Balaban J connectivity index is 3.88. The van der Waals surface area contributed by atoms with Gasteiger partial charge in [-0.1, -0.05) is 430 Å². The van der Waals surface area contributed by atoms with Crippen LogP contribution in [0.1, 0.15) is 457 Å². The van der Waals surface area contributed by atoms with Crippen LogP contribution in [0.4, 0.5) is 0 Å². The molecule has 0 aromatic carbocycles. The lowest BCUT2D eigenvalue weighted by Crippen LogP contribution is -2.45. The van der Waals surface area contributed by atoms with E-state index in [2.05, 4.69) is 31.3 Å². The lowest BCUT2D eigenvalue weighted by molar-refractivity contribution is -0.870. The normalized spacial score (nSPS) is 13.5. The standard InChI is InChI=1S/C84H167N2O6P/c1-6-8-10-12-14-16-18-20-22-24-26-28-30-32-34-36-38-39-40-41-42-43-44-45-46-47-48-50-52-54-56-58-60-62-64-66-68-70-72-74-76-78-84(88)85-82(81-92-93(89,90)91-80-79-86(3,4)5)83(87)77-75-73-71-69-67-65-63-61-59-57-55-53-51-49-37-35-33-31-29-27-25-23-21-19-17-15-13-11-9-7-2/h24,26,75,77,82-83,87H,6-23,25,27-74,76,78-81H2,1-5H3,(H-,85,88,89,90)/p+1/b26-24-,77-75+. The third kappa shape index (κ3) is 78.2. The number of unbranched alkanes of at least 4 members (excludes halogenated alkanes) is 65. The fraction of sp³-hybridized carbons (Fsp3) is 0.940. The van der Waals surface area contributed by atoms with Gasteiger partial charge in [-0.05, 0) is 44.9 Å². The maximum Gasteiger partial charge on any atom is 0.472 e. The van der Waals surface area contributed by atoms with Crippen LogP contribution in [0.15, 0.2) is 24.3 Å². The van der Waals surface area contributed by atoms with E-state index in [0.717, 1.165) is 32.1 Å². The van der Waals surface area contributed by atoms with Gasteiger partial charge in [0.2, 0.25) is 5.91 Å². The van der Waals surface area contributed by atoms with Crippen molar-refractivity contribution in [3.8, 4) is 0 Å². The average Bonchev–Trinajstić information content (AvgIpc) is 2.75. The molecule has 93 heavy (non-hydrogen) atoms. The molecule has 0 aliphatic rings. The van der Waals surface area contributed by atoms with E-state index in [1.165, 1.54) is 405 Å². The summed E-state index contributed by atoms with van der Waals surface area (Å²) in [4.78, 5) is 23.5. The van der Waals surface area contributed by atoms with Gasteiger partial charge in [0.1, 0.15) is 13.2 Å². The molecule has 0 fully saturated rings. The zero-order chi connectivity index (χ0) is 67.6. The summed E-state index contributed by atoms with van der Waals surface area (Å²) in [5, 5.41) is 14.1. The summed E-state index contributed by atoms with van der Waals surface area (Å²) in [6.07, 6.45) is 101. The van der Waals surface area contributed by atoms with Gasteiger partial charge in [-0.25, -0.2) is 4.57 Å². The van der Waals surface area contributed by atoms with Gasteiger partial charge in [-0.2, -0.15) is 0 Å². The number of carbonyl (C=O) groups excluding carboxylic acids is 1. The van der Waals surface area contributed by atoms with Crippen LogP contribution in [-0.4, -0.2) is 73.4 Å². The molecule has 3 N–H and O–H groups in total. The van der Waals surface area contributed by atoms with Gasteiger partial charge in [0.05, 0.1) is 39.9 Å². The van der Waals surface area contributed by atoms with Crippen molar-refractivity contribution in [1.29, 1.82) is 0 Å². The number of carbonyl (C=O) groups is 1. The minimum absolute atomic E-state index is 0.0651. The minimum Gasteiger partial charge on any atom is -0.387 e. The third-order valence-corrected chi connectivity index (χ3v) is 20.9. The first-order valence-corrected chi connectivity index (χ1v) is 43.7. The number of nitrogens with one attached hydrogen (secondary N) is 1. The summed E-state index contributed by atoms with van der Waals surface area (Å²) in [7, 11) is 1.60. The molecule has 0 heterocycles. The molecule has 0 aromatic heterocycles. The number of phosphoric acid groups is 1. The van der Waals surface area contributed by atoms with Crippen LogP contribution in [-0.2, 0) is 18.4 Å². The lowest BCUT2D eigenvalue weighted by atomic mass is 10.0. The van der Waals surface area contributed by atoms with Crippen LogP contribution in [0.3, 0.4) is 0 Å². The number of quaternary nitrogens is 1. The van der Waals surface area contributed by atoms with Crippen molar-refractivity contribution >= 4 is 13.7 Å². The van der Waals surface area contributed by atoms with Crippen LogP contribution in [0, 0.1) is 0 Å². The van der Waals surface area contributed by atoms with Gasteiger partial charge in [0, 0.05) is 6.42 Å². The van der Waals surface area contributed by atoms with Crippen molar-refractivity contribution in [1.82, 2.24) is 5.32 Å². The molecule has 0 aromatic rings. The quantitative estimate of drug-likeness (QED) is 0.0243. The van der Waals surface area contributed by atoms with Gasteiger partial charge >= 0.3 is 7.82 Å². The summed E-state index contributed by atoms with van der Waals surface area (Å²) in [5.74, 6) is -0.165. The monoisotopic (exact) mass is 1330 g/mol. The van der Waals surface area contributed by atoms with E-state index in [9.17, 15) is 19.4 Å². The second kappa shape index (κ2) is 75.2. The first kappa shape index (κ1) is 92.0.